The minimum Gasteiger partial charge on any atom is -0.493 e. The largest absolute Gasteiger partial charge is 0.493 e. The van der Waals surface area contributed by atoms with E-state index in [0.29, 0.717) is 6.61 Å². The van der Waals surface area contributed by atoms with E-state index in [-0.39, 0.29) is 18.0 Å². The first-order valence-electron chi connectivity index (χ1n) is 6.55. The summed E-state index contributed by atoms with van der Waals surface area (Å²) in [4.78, 5) is 14.1. The third-order valence-electron chi connectivity index (χ3n) is 3.82. The number of nitrogens with zero attached hydrogens (tertiary/aromatic N) is 1. The zero-order valence-corrected chi connectivity index (χ0v) is 10.3. The molecular formula is C14H18N2O2. The molecule has 0 aromatic heterocycles. The maximum Gasteiger partial charge on any atom is 0.240 e. The highest BCUT2D eigenvalue weighted by atomic mass is 16.5. The number of ether oxygens (including phenoxy) is 1. The van der Waals surface area contributed by atoms with Gasteiger partial charge in [0.25, 0.3) is 0 Å². The molecule has 2 atom stereocenters. The van der Waals surface area contributed by atoms with Crippen molar-refractivity contribution in [3.05, 3.63) is 29.8 Å². The topological polar surface area (TPSA) is 55.6 Å². The second-order valence-electron chi connectivity index (χ2n) is 4.97. The Labute approximate surface area is 107 Å². The Bertz CT molecular complexity index is 461. The first-order valence-corrected chi connectivity index (χ1v) is 6.55. The second-order valence-corrected chi connectivity index (χ2v) is 4.97. The summed E-state index contributed by atoms with van der Waals surface area (Å²) < 4.78 is 5.64. The summed E-state index contributed by atoms with van der Waals surface area (Å²) in [7, 11) is 0. The van der Waals surface area contributed by atoms with Crippen molar-refractivity contribution < 1.29 is 9.53 Å². The van der Waals surface area contributed by atoms with E-state index < -0.39 is 0 Å². The minimum absolute atomic E-state index is 0.0861. The van der Waals surface area contributed by atoms with Crippen LogP contribution in [-0.2, 0) is 4.79 Å². The Hall–Kier alpha value is -1.55. The van der Waals surface area contributed by atoms with Crippen molar-refractivity contribution in [1.82, 2.24) is 4.90 Å². The fraction of sp³-hybridized carbons (Fsp3) is 0.500. The molecule has 4 nitrogen and oxygen atoms in total. The highest BCUT2D eigenvalue weighted by Crippen LogP contribution is 2.37. The van der Waals surface area contributed by atoms with Crippen LogP contribution < -0.4 is 10.5 Å². The summed E-state index contributed by atoms with van der Waals surface area (Å²) >= 11 is 0. The van der Waals surface area contributed by atoms with Crippen LogP contribution in [0.5, 0.6) is 5.75 Å². The molecule has 0 saturated carbocycles. The SMILES string of the molecule is NC1CCCN(C2CCOc3ccccc32)C1=O. The third kappa shape index (κ3) is 1.86. The molecule has 1 aromatic carbocycles. The lowest BCUT2D eigenvalue weighted by atomic mass is 9.95. The molecule has 0 bridgehead atoms. The van der Waals surface area contributed by atoms with Gasteiger partial charge in [-0.3, -0.25) is 4.79 Å². The van der Waals surface area contributed by atoms with Crippen molar-refractivity contribution in [3.8, 4) is 5.75 Å². The van der Waals surface area contributed by atoms with Crippen LogP contribution in [-0.4, -0.2) is 30.0 Å². The van der Waals surface area contributed by atoms with Crippen molar-refractivity contribution in [1.29, 1.82) is 0 Å². The number of hydrogen-bond acceptors (Lipinski definition) is 3. The fourth-order valence-corrected chi connectivity index (χ4v) is 2.88. The van der Waals surface area contributed by atoms with Gasteiger partial charge in [-0.1, -0.05) is 18.2 Å². The number of carbonyl (C=O) groups is 1. The Morgan fingerprint density at radius 1 is 1.28 bits per heavy atom. The molecule has 2 aliphatic rings. The monoisotopic (exact) mass is 246 g/mol. The molecule has 18 heavy (non-hydrogen) atoms. The van der Waals surface area contributed by atoms with Gasteiger partial charge in [-0.05, 0) is 18.9 Å². The molecule has 0 spiro atoms. The zero-order chi connectivity index (χ0) is 12.5. The molecule has 1 aromatic rings. The van der Waals surface area contributed by atoms with Crippen molar-refractivity contribution in [2.75, 3.05) is 13.2 Å². The normalized spacial score (nSPS) is 27.6. The number of rotatable bonds is 1. The van der Waals surface area contributed by atoms with Crippen molar-refractivity contribution in [2.45, 2.75) is 31.3 Å². The minimum atomic E-state index is -0.325. The highest BCUT2D eigenvalue weighted by Gasteiger charge is 2.34. The van der Waals surface area contributed by atoms with Gasteiger partial charge in [0.2, 0.25) is 5.91 Å². The number of likely N-dealkylation sites (tertiary alicyclic amines) is 1. The number of nitrogens with two attached hydrogens (primary N) is 1. The van der Waals surface area contributed by atoms with Crippen molar-refractivity contribution in [3.63, 3.8) is 0 Å². The first kappa shape index (κ1) is 11.5. The lowest BCUT2D eigenvalue weighted by Gasteiger charge is -2.39. The molecule has 96 valence electrons. The number of amides is 1. The van der Waals surface area contributed by atoms with Crippen LogP contribution in [0.3, 0.4) is 0 Å². The Morgan fingerprint density at radius 3 is 3.00 bits per heavy atom. The maximum absolute atomic E-state index is 12.2. The summed E-state index contributed by atoms with van der Waals surface area (Å²) in [6.07, 6.45) is 2.65. The van der Waals surface area contributed by atoms with E-state index in [9.17, 15) is 4.79 Å². The molecule has 2 aliphatic heterocycles. The predicted octanol–water partition coefficient (Wildman–Crippen LogP) is 1.46. The Morgan fingerprint density at radius 2 is 2.11 bits per heavy atom. The van der Waals surface area contributed by atoms with Gasteiger partial charge in [-0.15, -0.1) is 0 Å². The van der Waals surface area contributed by atoms with E-state index in [1.54, 1.807) is 0 Å². The third-order valence-corrected chi connectivity index (χ3v) is 3.82. The summed E-state index contributed by atoms with van der Waals surface area (Å²) in [5.74, 6) is 0.989. The van der Waals surface area contributed by atoms with E-state index in [4.69, 9.17) is 10.5 Å². The van der Waals surface area contributed by atoms with E-state index >= 15 is 0 Å². The van der Waals surface area contributed by atoms with E-state index in [0.717, 1.165) is 37.1 Å². The second kappa shape index (κ2) is 4.61. The molecule has 1 amide bonds. The molecule has 3 rings (SSSR count). The van der Waals surface area contributed by atoms with Crippen molar-refractivity contribution in [2.24, 2.45) is 5.73 Å². The van der Waals surface area contributed by atoms with Gasteiger partial charge in [-0.25, -0.2) is 0 Å². The van der Waals surface area contributed by atoms with Crippen LogP contribution in [0.25, 0.3) is 0 Å². The molecule has 2 N–H and O–H groups in total. The van der Waals surface area contributed by atoms with Crippen LogP contribution in [0, 0.1) is 0 Å². The van der Waals surface area contributed by atoms with Gasteiger partial charge in [0.1, 0.15) is 5.75 Å². The number of benzene rings is 1. The van der Waals surface area contributed by atoms with Gasteiger partial charge in [0, 0.05) is 18.5 Å². The smallest absolute Gasteiger partial charge is 0.240 e. The van der Waals surface area contributed by atoms with E-state index in [1.807, 2.05) is 29.2 Å². The zero-order valence-electron chi connectivity index (χ0n) is 10.3. The summed E-state index contributed by atoms with van der Waals surface area (Å²) in [5, 5.41) is 0. The van der Waals surface area contributed by atoms with Crippen LogP contribution >= 0.6 is 0 Å². The standard InChI is InChI=1S/C14H18N2O2/c15-11-5-3-8-16(14(11)17)12-7-9-18-13-6-2-1-4-10(12)13/h1-2,4,6,11-12H,3,5,7-9,15H2. The fourth-order valence-electron chi connectivity index (χ4n) is 2.88. The Balaban J connectivity index is 1.91. The summed E-state index contributed by atoms with van der Waals surface area (Å²) in [6, 6.07) is 7.78. The van der Waals surface area contributed by atoms with Crippen LogP contribution in [0.2, 0.25) is 0 Å². The molecular weight excluding hydrogens is 228 g/mol. The maximum atomic E-state index is 12.2. The number of carbonyl (C=O) groups excluding carboxylic acids is 1. The molecule has 2 unspecified atom stereocenters. The highest BCUT2D eigenvalue weighted by molar-refractivity contribution is 5.83. The molecule has 2 heterocycles. The van der Waals surface area contributed by atoms with Gasteiger partial charge in [0.15, 0.2) is 0 Å². The summed E-state index contributed by atoms with van der Waals surface area (Å²) in [6.45, 7) is 1.48. The molecule has 0 aliphatic carbocycles. The van der Waals surface area contributed by atoms with Crippen LogP contribution in [0.4, 0.5) is 0 Å². The molecule has 1 saturated heterocycles. The predicted molar refractivity (Wildman–Crippen MR) is 68.2 cm³/mol. The Kier molecular flexibility index (Phi) is 2.96. The molecule has 0 radical (unpaired) electrons. The van der Waals surface area contributed by atoms with E-state index in [2.05, 4.69) is 0 Å². The quantitative estimate of drug-likeness (QED) is 0.816. The molecule has 1 fully saturated rings. The van der Waals surface area contributed by atoms with Gasteiger partial charge in [0.05, 0.1) is 18.7 Å². The first-order chi connectivity index (χ1) is 8.77. The average molecular weight is 246 g/mol. The number of hydrogen-bond donors (Lipinski definition) is 1. The number of para-hydroxylation sites is 1. The van der Waals surface area contributed by atoms with Gasteiger partial charge in [-0.2, -0.15) is 0 Å². The lowest BCUT2D eigenvalue weighted by molar-refractivity contribution is -0.138. The molecule has 4 heteroatoms. The lowest BCUT2D eigenvalue weighted by Crippen LogP contribution is -2.50. The van der Waals surface area contributed by atoms with E-state index in [1.165, 1.54) is 0 Å². The van der Waals surface area contributed by atoms with Gasteiger partial charge >= 0.3 is 0 Å². The average Bonchev–Trinajstić information content (AvgIpc) is 2.41. The van der Waals surface area contributed by atoms with Crippen LogP contribution in [0.15, 0.2) is 24.3 Å². The number of fused-ring (bicyclic) bond motifs is 1. The van der Waals surface area contributed by atoms with Gasteiger partial charge < -0.3 is 15.4 Å². The van der Waals surface area contributed by atoms with Crippen LogP contribution in [0.1, 0.15) is 30.9 Å². The van der Waals surface area contributed by atoms with Crippen molar-refractivity contribution >= 4 is 5.91 Å². The number of piperidine rings is 1. The summed E-state index contributed by atoms with van der Waals surface area (Å²) in [5.41, 5.74) is 6.99.